The van der Waals surface area contributed by atoms with Crippen molar-refractivity contribution in [3.63, 3.8) is 0 Å². The molecule has 2 aliphatic rings. The van der Waals surface area contributed by atoms with E-state index in [0.29, 0.717) is 19.4 Å². The fraction of sp³-hybridized carbons (Fsp3) is 0.545. The van der Waals surface area contributed by atoms with Crippen LogP contribution in [0.15, 0.2) is 24.3 Å². The van der Waals surface area contributed by atoms with Gasteiger partial charge in [-0.05, 0) is 39.2 Å². The van der Waals surface area contributed by atoms with Gasteiger partial charge in [0.1, 0.15) is 6.04 Å². The van der Waals surface area contributed by atoms with Crippen molar-refractivity contribution in [2.45, 2.75) is 65.1 Å². The number of nitrogens with one attached hydrogen (secondary N) is 1. The molecule has 0 spiro atoms. The van der Waals surface area contributed by atoms with Crippen molar-refractivity contribution >= 4 is 23.7 Å². The van der Waals surface area contributed by atoms with Crippen molar-refractivity contribution in [2.75, 3.05) is 0 Å². The lowest BCUT2D eigenvalue weighted by atomic mass is 9.81. The number of aryl methyl sites for hydroxylation is 1. The molecule has 1 heterocycles. The highest BCUT2D eigenvalue weighted by atomic mass is 16.5. The number of carbonyl (C=O) groups is 4. The third-order valence-electron chi connectivity index (χ3n) is 5.85. The fourth-order valence-corrected chi connectivity index (χ4v) is 4.04. The summed E-state index contributed by atoms with van der Waals surface area (Å²) in [6.45, 7) is 5.26. The highest BCUT2D eigenvalue weighted by Gasteiger charge is 2.51. The van der Waals surface area contributed by atoms with Gasteiger partial charge in [0.05, 0.1) is 11.8 Å². The van der Waals surface area contributed by atoms with Crippen molar-refractivity contribution in [2.24, 2.45) is 11.8 Å². The van der Waals surface area contributed by atoms with E-state index in [0.717, 1.165) is 28.9 Å². The number of esters is 1. The number of carbonyl (C=O) groups excluding carboxylic acids is 4. The second-order valence-corrected chi connectivity index (χ2v) is 8.00. The molecular formula is C22H28N2O5. The zero-order valence-electron chi connectivity index (χ0n) is 17.1. The number of imide groups is 1. The number of rotatable bonds is 6. The molecule has 29 heavy (non-hydrogen) atoms. The summed E-state index contributed by atoms with van der Waals surface area (Å²) in [4.78, 5) is 51.0. The molecule has 3 rings (SSSR count). The Morgan fingerprint density at radius 1 is 1.07 bits per heavy atom. The molecule has 0 radical (unpaired) electrons. The van der Waals surface area contributed by atoms with E-state index in [9.17, 15) is 19.2 Å². The van der Waals surface area contributed by atoms with Gasteiger partial charge in [-0.15, -0.1) is 0 Å². The lowest BCUT2D eigenvalue weighted by Crippen LogP contribution is -2.46. The van der Waals surface area contributed by atoms with Crippen LogP contribution in [-0.4, -0.2) is 40.7 Å². The van der Waals surface area contributed by atoms with Gasteiger partial charge in [-0.1, -0.05) is 42.7 Å². The predicted molar refractivity (Wildman–Crippen MR) is 105 cm³/mol. The number of hydrogen-bond donors (Lipinski definition) is 1. The summed E-state index contributed by atoms with van der Waals surface area (Å²) in [7, 11) is 0. The van der Waals surface area contributed by atoms with Crippen LogP contribution >= 0.6 is 0 Å². The maximum Gasteiger partial charge on any atom is 0.329 e. The van der Waals surface area contributed by atoms with Crippen LogP contribution in [0.1, 0.15) is 50.7 Å². The van der Waals surface area contributed by atoms with Gasteiger partial charge in [0.25, 0.3) is 5.91 Å². The van der Waals surface area contributed by atoms with Crippen LogP contribution in [0, 0.1) is 18.8 Å². The molecule has 1 aliphatic heterocycles. The minimum atomic E-state index is -1.03. The Balaban J connectivity index is 1.54. The van der Waals surface area contributed by atoms with Crippen molar-refractivity contribution in [1.29, 1.82) is 0 Å². The van der Waals surface area contributed by atoms with Crippen LogP contribution in [0.25, 0.3) is 0 Å². The van der Waals surface area contributed by atoms with E-state index in [-0.39, 0.29) is 23.7 Å². The second kappa shape index (κ2) is 8.76. The quantitative estimate of drug-likeness (QED) is 0.583. The Labute approximate surface area is 170 Å². The first kappa shape index (κ1) is 21.0. The normalized spacial score (nSPS) is 23.3. The van der Waals surface area contributed by atoms with E-state index >= 15 is 0 Å². The third-order valence-corrected chi connectivity index (χ3v) is 5.85. The summed E-state index contributed by atoms with van der Waals surface area (Å²) < 4.78 is 5.25. The zero-order chi connectivity index (χ0) is 21.1. The SMILES string of the molecule is Cc1ccc(CNC(=O)[C@H](C)OC(=O)[C@H](C)N2C(=O)[C@H]3CCCC[C@@H]3C2=O)cc1. The first-order valence-electron chi connectivity index (χ1n) is 10.2. The summed E-state index contributed by atoms with van der Waals surface area (Å²) in [6.07, 6.45) is 2.19. The fourth-order valence-electron chi connectivity index (χ4n) is 4.04. The summed E-state index contributed by atoms with van der Waals surface area (Å²) in [5.41, 5.74) is 2.06. The molecule has 0 bridgehead atoms. The lowest BCUT2D eigenvalue weighted by molar-refractivity contribution is -0.164. The van der Waals surface area contributed by atoms with Crippen LogP contribution < -0.4 is 5.32 Å². The van der Waals surface area contributed by atoms with Gasteiger partial charge >= 0.3 is 5.97 Å². The molecule has 1 saturated carbocycles. The maximum atomic E-state index is 12.6. The number of nitrogens with zero attached hydrogens (tertiary/aromatic N) is 1. The molecule has 7 heteroatoms. The molecule has 1 aliphatic carbocycles. The van der Waals surface area contributed by atoms with Crippen LogP contribution in [0.2, 0.25) is 0 Å². The van der Waals surface area contributed by atoms with Gasteiger partial charge < -0.3 is 10.1 Å². The van der Waals surface area contributed by atoms with Crippen LogP contribution in [0.5, 0.6) is 0 Å². The number of hydrogen-bond acceptors (Lipinski definition) is 5. The van der Waals surface area contributed by atoms with E-state index in [4.69, 9.17) is 4.74 Å². The molecule has 1 aromatic carbocycles. The maximum absolute atomic E-state index is 12.6. The number of benzene rings is 1. The van der Waals surface area contributed by atoms with Crippen LogP contribution in [0.3, 0.4) is 0 Å². The van der Waals surface area contributed by atoms with Crippen molar-refractivity contribution in [1.82, 2.24) is 10.2 Å². The van der Waals surface area contributed by atoms with E-state index in [1.807, 2.05) is 31.2 Å². The molecule has 7 nitrogen and oxygen atoms in total. The highest BCUT2D eigenvalue weighted by Crippen LogP contribution is 2.38. The first-order chi connectivity index (χ1) is 13.8. The van der Waals surface area contributed by atoms with E-state index < -0.39 is 24.0 Å². The Morgan fingerprint density at radius 3 is 2.17 bits per heavy atom. The van der Waals surface area contributed by atoms with E-state index in [1.54, 1.807) is 0 Å². The third kappa shape index (κ3) is 4.49. The Kier molecular flexibility index (Phi) is 6.35. The molecule has 0 aromatic heterocycles. The highest BCUT2D eigenvalue weighted by molar-refractivity contribution is 6.07. The Bertz CT molecular complexity index is 780. The van der Waals surface area contributed by atoms with Gasteiger partial charge in [0, 0.05) is 6.54 Å². The van der Waals surface area contributed by atoms with Crippen molar-refractivity contribution in [3.8, 4) is 0 Å². The predicted octanol–water partition coefficient (Wildman–Crippen LogP) is 2.11. The topological polar surface area (TPSA) is 92.8 Å². The van der Waals surface area contributed by atoms with Crippen molar-refractivity contribution < 1.29 is 23.9 Å². The molecule has 1 N–H and O–H groups in total. The lowest BCUT2D eigenvalue weighted by Gasteiger charge is -2.23. The van der Waals surface area contributed by atoms with E-state index in [2.05, 4.69) is 5.32 Å². The van der Waals surface area contributed by atoms with Crippen molar-refractivity contribution in [3.05, 3.63) is 35.4 Å². The first-order valence-corrected chi connectivity index (χ1v) is 10.2. The molecule has 1 aromatic rings. The second-order valence-electron chi connectivity index (χ2n) is 8.00. The van der Waals surface area contributed by atoms with Gasteiger partial charge in [0.15, 0.2) is 6.10 Å². The largest absolute Gasteiger partial charge is 0.451 e. The molecule has 0 unspecified atom stereocenters. The van der Waals surface area contributed by atoms with Crippen LogP contribution in [0.4, 0.5) is 0 Å². The number of ether oxygens (including phenoxy) is 1. The molecule has 156 valence electrons. The van der Waals surface area contributed by atoms with E-state index in [1.165, 1.54) is 13.8 Å². The molecule has 4 atom stereocenters. The smallest absolute Gasteiger partial charge is 0.329 e. The summed E-state index contributed by atoms with van der Waals surface area (Å²) >= 11 is 0. The van der Waals surface area contributed by atoms with Gasteiger partial charge in [-0.2, -0.15) is 0 Å². The number of fused-ring (bicyclic) bond motifs is 1. The molecule has 1 saturated heterocycles. The Morgan fingerprint density at radius 2 is 1.62 bits per heavy atom. The van der Waals surface area contributed by atoms with Gasteiger partial charge in [-0.3, -0.25) is 19.3 Å². The summed E-state index contributed by atoms with van der Waals surface area (Å²) in [5.74, 6) is -2.40. The van der Waals surface area contributed by atoms with Gasteiger partial charge in [-0.25, -0.2) is 4.79 Å². The average molecular weight is 400 g/mol. The summed E-state index contributed by atoms with van der Waals surface area (Å²) in [5, 5.41) is 2.73. The van der Waals surface area contributed by atoms with Gasteiger partial charge in [0.2, 0.25) is 11.8 Å². The zero-order valence-corrected chi connectivity index (χ0v) is 17.1. The standard InChI is InChI=1S/C22H28N2O5/c1-13-8-10-16(11-9-13)12-23-19(25)15(3)29-22(28)14(2)24-20(26)17-6-4-5-7-18(17)21(24)27/h8-11,14-15,17-18H,4-7,12H2,1-3H3,(H,23,25)/t14-,15-,17-,18-/m0/s1. The van der Waals surface area contributed by atoms with Crippen LogP contribution in [-0.2, 0) is 30.5 Å². The molecule has 2 fully saturated rings. The Hall–Kier alpha value is -2.70. The average Bonchev–Trinajstić information content (AvgIpc) is 2.97. The molecular weight excluding hydrogens is 372 g/mol. The minimum Gasteiger partial charge on any atom is -0.451 e. The monoisotopic (exact) mass is 400 g/mol. The summed E-state index contributed by atoms with van der Waals surface area (Å²) in [6, 6.07) is 6.70. The minimum absolute atomic E-state index is 0.291. The number of likely N-dealkylation sites (tertiary alicyclic amines) is 1. The number of amides is 3. The molecule has 3 amide bonds.